The summed E-state index contributed by atoms with van der Waals surface area (Å²) >= 11 is 0. The van der Waals surface area contributed by atoms with Gasteiger partial charge in [0.05, 0.1) is 0 Å². The molecule has 4 rings (SSSR count). The third kappa shape index (κ3) is 2.45. The van der Waals surface area contributed by atoms with E-state index in [9.17, 15) is 9.59 Å². The maximum Gasteiger partial charge on any atom is 0.426 e. The maximum absolute atomic E-state index is 13.1. The normalized spacial score (nSPS) is 25.7. The van der Waals surface area contributed by atoms with Gasteiger partial charge in [-0.05, 0) is 48.1 Å². The molecule has 0 amide bonds. The summed E-state index contributed by atoms with van der Waals surface area (Å²) in [7, 11) is 0. The predicted octanol–water partition coefficient (Wildman–Crippen LogP) is 4.04. The number of hydrogen-bond donors (Lipinski definition) is 0. The molecule has 4 nitrogen and oxygen atoms in total. The number of aromatic nitrogens is 1. The number of allylic oxidation sites excluding steroid dienone is 2. The van der Waals surface area contributed by atoms with E-state index in [-0.39, 0.29) is 23.2 Å². The van der Waals surface area contributed by atoms with E-state index < -0.39 is 5.76 Å². The van der Waals surface area contributed by atoms with Crippen LogP contribution in [-0.2, 0) is 6.42 Å². The summed E-state index contributed by atoms with van der Waals surface area (Å²) < 4.78 is 6.68. The Labute approximate surface area is 141 Å². The molecule has 0 unspecified atom stereocenters. The first kappa shape index (κ1) is 15.4. The monoisotopic (exact) mass is 325 g/mol. The van der Waals surface area contributed by atoms with Gasteiger partial charge in [-0.25, -0.2) is 9.36 Å². The molecule has 0 spiro atoms. The molecule has 0 aliphatic heterocycles. The second kappa shape index (κ2) is 5.20. The van der Waals surface area contributed by atoms with E-state index in [2.05, 4.69) is 32.9 Å². The zero-order valence-corrected chi connectivity index (χ0v) is 14.4. The van der Waals surface area contributed by atoms with Crippen molar-refractivity contribution < 1.29 is 9.21 Å². The van der Waals surface area contributed by atoms with Crippen LogP contribution in [0.4, 0.5) is 0 Å². The lowest BCUT2D eigenvalue weighted by Crippen LogP contribution is -2.31. The molecule has 2 aliphatic carbocycles. The van der Waals surface area contributed by atoms with Gasteiger partial charge in [-0.3, -0.25) is 4.79 Å². The Bertz CT molecular complexity index is 894. The van der Waals surface area contributed by atoms with Crippen LogP contribution in [0.3, 0.4) is 0 Å². The molecule has 1 aromatic heterocycles. The van der Waals surface area contributed by atoms with Crippen molar-refractivity contribution in [2.75, 3.05) is 0 Å². The molecular formula is C20H23NO3. The molecule has 1 saturated carbocycles. The van der Waals surface area contributed by atoms with Crippen LogP contribution >= 0.6 is 0 Å². The zero-order chi connectivity index (χ0) is 17.1. The third-order valence-electron chi connectivity index (χ3n) is 5.22. The van der Waals surface area contributed by atoms with Gasteiger partial charge in [0.15, 0.2) is 5.58 Å². The highest BCUT2D eigenvalue weighted by atomic mass is 16.4. The SMILES string of the molecule is CC(C)(C)Cc1cccc2oc(=O)n(C(=O)[C@H]3C[C@H]4C=C[C@@H]3C4)c12. The molecule has 4 heteroatoms. The van der Waals surface area contributed by atoms with Crippen molar-refractivity contribution >= 4 is 17.0 Å². The number of carbonyl (C=O) groups excluding carboxylic acids is 1. The number of nitrogens with zero attached hydrogens (tertiary/aromatic N) is 1. The average Bonchev–Trinajstić information content (AvgIpc) is 3.18. The lowest BCUT2D eigenvalue weighted by atomic mass is 9.87. The van der Waals surface area contributed by atoms with Crippen LogP contribution in [0.25, 0.3) is 11.1 Å². The van der Waals surface area contributed by atoms with E-state index in [1.54, 1.807) is 6.07 Å². The van der Waals surface area contributed by atoms with Crippen LogP contribution in [0.5, 0.6) is 0 Å². The Kier molecular flexibility index (Phi) is 3.34. The van der Waals surface area contributed by atoms with Gasteiger partial charge in [-0.15, -0.1) is 0 Å². The minimum absolute atomic E-state index is 0.0602. The number of hydrogen-bond acceptors (Lipinski definition) is 3. The average molecular weight is 325 g/mol. The van der Waals surface area contributed by atoms with Gasteiger partial charge in [-0.2, -0.15) is 0 Å². The summed E-state index contributed by atoms with van der Waals surface area (Å²) in [6.45, 7) is 6.45. The molecule has 0 N–H and O–H groups in total. The number of rotatable bonds is 2. The quantitative estimate of drug-likeness (QED) is 0.783. The lowest BCUT2D eigenvalue weighted by molar-refractivity contribution is 0.0810. The van der Waals surface area contributed by atoms with Crippen molar-refractivity contribution in [2.45, 2.75) is 40.0 Å². The number of para-hydroxylation sites is 1. The van der Waals surface area contributed by atoms with Gasteiger partial charge in [-0.1, -0.05) is 45.1 Å². The Morgan fingerprint density at radius 3 is 2.67 bits per heavy atom. The molecule has 24 heavy (non-hydrogen) atoms. The highest BCUT2D eigenvalue weighted by molar-refractivity contribution is 5.92. The van der Waals surface area contributed by atoms with E-state index >= 15 is 0 Å². The van der Waals surface area contributed by atoms with E-state index in [0.717, 1.165) is 24.8 Å². The number of carbonyl (C=O) groups is 1. The molecule has 1 heterocycles. The largest absolute Gasteiger partial charge is 0.426 e. The highest BCUT2D eigenvalue weighted by Crippen LogP contribution is 2.44. The minimum atomic E-state index is -0.553. The molecular weight excluding hydrogens is 302 g/mol. The predicted molar refractivity (Wildman–Crippen MR) is 93.1 cm³/mol. The van der Waals surface area contributed by atoms with Gasteiger partial charge in [0.25, 0.3) is 0 Å². The van der Waals surface area contributed by atoms with Crippen LogP contribution in [0, 0.1) is 23.2 Å². The first-order valence-corrected chi connectivity index (χ1v) is 8.69. The molecule has 2 bridgehead atoms. The highest BCUT2D eigenvalue weighted by Gasteiger charge is 2.41. The Morgan fingerprint density at radius 1 is 1.25 bits per heavy atom. The summed E-state index contributed by atoms with van der Waals surface area (Å²) in [4.78, 5) is 25.5. The van der Waals surface area contributed by atoms with Crippen LogP contribution in [0.1, 0.15) is 44.0 Å². The molecule has 0 saturated heterocycles. The summed E-state index contributed by atoms with van der Waals surface area (Å²) in [6.07, 6.45) is 7.01. The number of fused-ring (bicyclic) bond motifs is 3. The van der Waals surface area contributed by atoms with Gasteiger partial charge in [0.2, 0.25) is 5.91 Å². The molecule has 1 fully saturated rings. The fourth-order valence-electron chi connectivity index (χ4n) is 4.28. The topological polar surface area (TPSA) is 52.2 Å². The Balaban J connectivity index is 1.83. The van der Waals surface area contributed by atoms with Crippen molar-refractivity contribution in [3.63, 3.8) is 0 Å². The van der Waals surface area contributed by atoms with Gasteiger partial charge in [0, 0.05) is 5.92 Å². The van der Waals surface area contributed by atoms with Crippen molar-refractivity contribution in [2.24, 2.45) is 23.2 Å². The van der Waals surface area contributed by atoms with Crippen molar-refractivity contribution in [3.8, 4) is 0 Å². The van der Waals surface area contributed by atoms with Crippen molar-refractivity contribution in [1.29, 1.82) is 0 Å². The van der Waals surface area contributed by atoms with E-state index in [1.807, 2.05) is 12.1 Å². The Morgan fingerprint density at radius 2 is 2.04 bits per heavy atom. The second-order valence-electron chi connectivity index (χ2n) is 8.43. The Hall–Kier alpha value is -2.10. The standard InChI is InChI=1S/C20H23NO3/c1-20(2,3)11-14-5-4-6-16-17(14)21(19(23)24-16)18(22)15-10-12-7-8-13(15)9-12/h4-8,12-13,15H,9-11H2,1-3H3/t12-,13+,15-/m0/s1. The van der Waals surface area contributed by atoms with E-state index in [1.165, 1.54) is 4.57 Å². The molecule has 2 aromatic rings. The van der Waals surface area contributed by atoms with Gasteiger partial charge < -0.3 is 4.42 Å². The lowest BCUT2D eigenvalue weighted by Gasteiger charge is -2.20. The smallest absolute Gasteiger partial charge is 0.407 e. The first-order chi connectivity index (χ1) is 11.3. The summed E-state index contributed by atoms with van der Waals surface area (Å²) in [5, 5.41) is 0. The molecule has 0 radical (unpaired) electrons. The fraction of sp³-hybridized carbons (Fsp3) is 0.500. The summed E-state index contributed by atoms with van der Waals surface area (Å²) in [6, 6.07) is 5.65. The van der Waals surface area contributed by atoms with Crippen LogP contribution < -0.4 is 5.76 Å². The zero-order valence-electron chi connectivity index (χ0n) is 14.4. The molecule has 126 valence electrons. The first-order valence-electron chi connectivity index (χ1n) is 8.69. The van der Waals surface area contributed by atoms with Gasteiger partial charge in [0.1, 0.15) is 5.52 Å². The van der Waals surface area contributed by atoms with Crippen molar-refractivity contribution in [1.82, 2.24) is 4.57 Å². The maximum atomic E-state index is 13.1. The van der Waals surface area contributed by atoms with Crippen LogP contribution in [0.15, 0.2) is 39.6 Å². The number of oxazole rings is 1. The van der Waals surface area contributed by atoms with E-state index in [4.69, 9.17) is 4.42 Å². The molecule has 2 aliphatic rings. The van der Waals surface area contributed by atoms with Crippen molar-refractivity contribution in [3.05, 3.63) is 46.5 Å². The van der Waals surface area contributed by atoms with E-state index in [0.29, 0.717) is 17.0 Å². The third-order valence-corrected chi connectivity index (χ3v) is 5.22. The number of benzene rings is 1. The van der Waals surface area contributed by atoms with Crippen LogP contribution in [-0.4, -0.2) is 10.5 Å². The molecule has 3 atom stereocenters. The van der Waals surface area contributed by atoms with Crippen LogP contribution in [0.2, 0.25) is 0 Å². The fourth-order valence-corrected chi connectivity index (χ4v) is 4.28. The molecule has 1 aromatic carbocycles. The minimum Gasteiger partial charge on any atom is -0.407 e. The summed E-state index contributed by atoms with van der Waals surface area (Å²) in [5.74, 6) is 0.0160. The van der Waals surface area contributed by atoms with Gasteiger partial charge >= 0.3 is 5.76 Å². The second-order valence-corrected chi connectivity index (χ2v) is 8.43. The summed E-state index contributed by atoms with van der Waals surface area (Å²) in [5.41, 5.74) is 2.23.